The predicted octanol–water partition coefficient (Wildman–Crippen LogP) is 2.88. The van der Waals surface area contributed by atoms with Crippen LogP contribution >= 0.6 is 11.8 Å². The van der Waals surface area contributed by atoms with Crippen LogP contribution in [-0.4, -0.2) is 35.4 Å². The number of thioether (sulfide) groups is 1. The summed E-state index contributed by atoms with van der Waals surface area (Å²) in [6, 6.07) is 6.43. The third kappa shape index (κ3) is 3.01. The molecule has 0 aliphatic carbocycles. The van der Waals surface area contributed by atoms with E-state index < -0.39 is 0 Å². The van der Waals surface area contributed by atoms with Gasteiger partial charge in [0.2, 0.25) is 5.91 Å². The molecule has 1 aromatic rings. The second-order valence-electron chi connectivity index (χ2n) is 5.41. The van der Waals surface area contributed by atoms with E-state index in [4.69, 9.17) is 0 Å². The normalized spacial score (nSPS) is 22.6. The fourth-order valence-electron chi connectivity index (χ4n) is 2.79. The molecule has 0 bridgehead atoms. The monoisotopic (exact) mass is 292 g/mol. The van der Waals surface area contributed by atoms with E-state index in [0.29, 0.717) is 0 Å². The maximum absolute atomic E-state index is 12.5. The molecular formula is C16H24N2OS. The summed E-state index contributed by atoms with van der Waals surface area (Å²) in [5.41, 5.74) is 3.74. The zero-order valence-electron chi connectivity index (χ0n) is 12.8. The van der Waals surface area contributed by atoms with E-state index in [-0.39, 0.29) is 18.1 Å². The highest BCUT2D eigenvalue weighted by Gasteiger charge is 2.38. The summed E-state index contributed by atoms with van der Waals surface area (Å²) in [6.07, 6.45) is 2.95. The first-order valence-electron chi connectivity index (χ1n) is 7.21. The zero-order valence-corrected chi connectivity index (χ0v) is 13.6. The van der Waals surface area contributed by atoms with Crippen molar-refractivity contribution >= 4 is 17.7 Å². The van der Waals surface area contributed by atoms with Crippen molar-refractivity contribution in [2.45, 2.75) is 39.4 Å². The van der Waals surface area contributed by atoms with Crippen LogP contribution < -0.4 is 5.32 Å². The minimum absolute atomic E-state index is 0.0280. The Balaban J connectivity index is 2.29. The summed E-state index contributed by atoms with van der Waals surface area (Å²) >= 11 is 1.78. The van der Waals surface area contributed by atoms with Crippen molar-refractivity contribution in [2.24, 2.45) is 0 Å². The van der Waals surface area contributed by atoms with Gasteiger partial charge >= 0.3 is 0 Å². The van der Waals surface area contributed by atoms with Crippen molar-refractivity contribution in [3.63, 3.8) is 0 Å². The molecular weight excluding hydrogens is 268 g/mol. The van der Waals surface area contributed by atoms with E-state index in [1.54, 1.807) is 11.8 Å². The summed E-state index contributed by atoms with van der Waals surface area (Å²) in [4.78, 5) is 14.5. The topological polar surface area (TPSA) is 32.3 Å². The molecule has 3 nitrogen and oxygen atoms in total. The summed E-state index contributed by atoms with van der Waals surface area (Å²) in [7, 11) is 0. The van der Waals surface area contributed by atoms with Gasteiger partial charge in [0.25, 0.3) is 0 Å². The molecule has 1 aromatic carbocycles. The smallest absolute Gasteiger partial charge is 0.241 e. The summed E-state index contributed by atoms with van der Waals surface area (Å²) in [5, 5.41) is 3.49. The SMILES string of the molecule is CCC1NC(c2ccc(C)cc2C)N(CCSC)C1=O. The van der Waals surface area contributed by atoms with Crippen LogP contribution in [0, 0.1) is 13.8 Å². The fraction of sp³-hybridized carbons (Fsp3) is 0.562. The highest BCUT2D eigenvalue weighted by Crippen LogP contribution is 2.29. The van der Waals surface area contributed by atoms with Crippen LogP contribution in [0.25, 0.3) is 0 Å². The number of rotatable bonds is 5. The van der Waals surface area contributed by atoms with Crippen LogP contribution in [0.2, 0.25) is 0 Å². The van der Waals surface area contributed by atoms with Gasteiger partial charge < -0.3 is 4.90 Å². The molecule has 0 aromatic heterocycles. The molecule has 1 aliphatic heterocycles. The largest absolute Gasteiger partial charge is 0.321 e. The van der Waals surface area contributed by atoms with Crippen LogP contribution in [0.15, 0.2) is 18.2 Å². The van der Waals surface area contributed by atoms with Crippen molar-refractivity contribution in [1.29, 1.82) is 0 Å². The molecule has 1 fully saturated rings. The van der Waals surface area contributed by atoms with Crippen molar-refractivity contribution < 1.29 is 4.79 Å². The zero-order chi connectivity index (χ0) is 14.7. The Kier molecular flexibility index (Phi) is 5.11. The molecule has 2 rings (SSSR count). The Morgan fingerprint density at radius 1 is 1.35 bits per heavy atom. The number of carbonyl (C=O) groups is 1. The van der Waals surface area contributed by atoms with Gasteiger partial charge in [0.05, 0.1) is 6.04 Å². The standard InChI is InChI=1S/C16H24N2OS/c1-5-14-16(19)18(8-9-20-4)15(17-14)13-7-6-11(2)10-12(13)3/h6-7,10,14-15,17H,5,8-9H2,1-4H3. The molecule has 0 spiro atoms. The average Bonchev–Trinajstić information content (AvgIpc) is 2.73. The number of hydrogen-bond donors (Lipinski definition) is 1. The van der Waals surface area contributed by atoms with Gasteiger partial charge in [-0.15, -0.1) is 0 Å². The Labute approximate surface area is 126 Å². The second kappa shape index (κ2) is 6.64. The third-order valence-electron chi connectivity index (χ3n) is 3.92. The molecule has 1 saturated heterocycles. The number of carbonyl (C=O) groups excluding carboxylic acids is 1. The van der Waals surface area contributed by atoms with Gasteiger partial charge in [-0.25, -0.2) is 0 Å². The maximum Gasteiger partial charge on any atom is 0.241 e. The number of nitrogens with zero attached hydrogens (tertiary/aromatic N) is 1. The summed E-state index contributed by atoms with van der Waals surface area (Å²) in [6.45, 7) is 7.10. The molecule has 1 amide bonds. The molecule has 20 heavy (non-hydrogen) atoms. The van der Waals surface area contributed by atoms with Crippen molar-refractivity contribution in [3.8, 4) is 0 Å². The first-order valence-corrected chi connectivity index (χ1v) is 8.60. The quantitative estimate of drug-likeness (QED) is 0.905. The van der Waals surface area contributed by atoms with Gasteiger partial charge in [0.1, 0.15) is 6.17 Å². The van der Waals surface area contributed by atoms with Gasteiger partial charge in [-0.3, -0.25) is 10.1 Å². The Morgan fingerprint density at radius 2 is 2.10 bits per heavy atom. The molecule has 2 unspecified atom stereocenters. The maximum atomic E-state index is 12.5. The van der Waals surface area contributed by atoms with Gasteiger partial charge in [0, 0.05) is 12.3 Å². The van der Waals surface area contributed by atoms with E-state index >= 15 is 0 Å². The molecule has 4 heteroatoms. The Morgan fingerprint density at radius 3 is 2.70 bits per heavy atom. The molecule has 0 saturated carbocycles. The number of aryl methyl sites for hydroxylation is 2. The second-order valence-corrected chi connectivity index (χ2v) is 6.40. The van der Waals surface area contributed by atoms with E-state index in [9.17, 15) is 4.79 Å². The lowest BCUT2D eigenvalue weighted by atomic mass is 10.0. The van der Waals surface area contributed by atoms with Crippen LogP contribution in [-0.2, 0) is 4.79 Å². The predicted molar refractivity (Wildman–Crippen MR) is 86.0 cm³/mol. The Bertz CT molecular complexity index is 489. The lowest BCUT2D eigenvalue weighted by Crippen LogP contribution is -2.33. The molecule has 2 atom stereocenters. The van der Waals surface area contributed by atoms with E-state index in [2.05, 4.69) is 50.5 Å². The summed E-state index contributed by atoms with van der Waals surface area (Å²) in [5.74, 6) is 1.22. The third-order valence-corrected chi connectivity index (χ3v) is 4.51. The fourth-order valence-corrected chi connectivity index (χ4v) is 3.17. The average molecular weight is 292 g/mol. The van der Waals surface area contributed by atoms with Crippen molar-refractivity contribution in [3.05, 3.63) is 34.9 Å². The number of benzene rings is 1. The first kappa shape index (κ1) is 15.4. The van der Waals surface area contributed by atoms with Crippen molar-refractivity contribution in [1.82, 2.24) is 10.2 Å². The lowest BCUT2D eigenvalue weighted by molar-refractivity contribution is -0.129. The Hall–Kier alpha value is -1.00. The van der Waals surface area contributed by atoms with E-state index in [1.165, 1.54) is 16.7 Å². The number of nitrogens with one attached hydrogen (secondary N) is 1. The molecule has 1 aliphatic rings. The van der Waals surface area contributed by atoms with Crippen molar-refractivity contribution in [2.75, 3.05) is 18.6 Å². The number of amides is 1. The van der Waals surface area contributed by atoms with Crippen LogP contribution in [0.4, 0.5) is 0 Å². The van der Waals surface area contributed by atoms with E-state index in [0.717, 1.165) is 18.7 Å². The van der Waals surface area contributed by atoms with Crippen LogP contribution in [0.1, 0.15) is 36.2 Å². The first-order chi connectivity index (χ1) is 9.58. The van der Waals surface area contributed by atoms with E-state index in [1.807, 2.05) is 4.90 Å². The van der Waals surface area contributed by atoms with Gasteiger partial charge in [-0.2, -0.15) is 11.8 Å². The summed E-state index contributed by atoms with van der Waals surface area (Å²) < 4.78 is 0. The minimum atomic E-state index is -0.0393. The van der Waals surface area contributed by atoms with Crippen LogP contribution in [0.3, 0.4) is 0 Å². The lowest BCUT2D eigenvalue weighted by Gasteiger charge is -2.25. The molecule has 1 heterocycles. The molecule has 1 N–H and O–H groups in total. The van der Waals surface area contributed by atoms with Gasteiger partial charge in [0.15, 0.2) is 0 Å². The van der Waals surface area contributed by atoms with Gasteiger partial charge in [-0.1, -0.05) is 30.7 Å². The molecule has 110 valence electrons. The number of hydrogen-bond acceptors (Lipinski definition) is 3. The van der Waals surface area contributed by atoms with Crippen LogP contribution in [0.5, 0.6) is 0 Å². The molecule has 0 radical (unpaired) electrons. The highest BCUT2D eigenvalue weighted by molar-refractivity contribution is 7.98. The highest BCUT2D eigenvalue weighted by atomic mass is 32.2. The minimum Gasteiger partial charge on any atom is -0.321 e. The van der Waals surface area contributed by atoms with Gasteiger partial charge in [-0.05, 0) is 37.7 Å².